The Morgan fingerprint density at radius 2 is 1.57 bits per heavy atom. The molecular formula is C24H26N2O3S. The third kappa shape index (κ3) is 4.54. The average Bonchev–Trinajstić information content (AvgIpc) is 2.74. The lowest BCUT2D eigenvalue weighted by molar-refractivity contribution is 0.0940. The zero-order valence-corrected chi connectivity index (χ0v) is 18.4. The SMILES string of the molecule is Cc1ccc(S(=O)(=O)N(C)c2cc(C(=O)N[C@H](C)c3ccccc3)ccc2C)cc1. The number of carbonyl (C=O) groups is 1. The van der Waals surface area contributed by atoms with Crippen LogP contribution in [0.15, 0.2) is 77.7 Å². The van der Waals surface area contributed by atoms with E-state index in [9.17, 15) is 13.2 Å². The monoisotopic (exact) mass is 422 g/mol. The second kappa shape index (κ2) is 8.71. The van der Waals surface area contributed by atoms with Gasteiger partial charge in [-0.25, -0.2) is 8.42 Å². The molecule has 1 atom stereocenters. The first kappa shape index (κ1) is 21.6. The molecule has 0 unspecified atom stereocenters. The number of rotatable bonds is 6. The minimum absolute atomic E-state index is 0.169. The van der Waals surface area contributed by atoms with Crippen molar-refractivity contribution in [3.8, 4) is 0 Å². The molecule has 1 N–H and O–H groups in total. The van der Waals surface area contributed by atoms with E-state index in [4.69, 9.17) is 0 Å². The van der Waals surface area contributed by atoms with Crippen LogP contribution >= 0.6 is 0 Å². The van der Waals surface area contributed by atoms with Crippen molar-refractivity contribution in [3.63, 3.8) is 0 Å². The van der Waals surface area contributed by atoms with Crippen molar-refractivity contribution in [1.29, 1.82) is 0 Å². The number of hydrogen-bond acceptors (Lipinski definition) is 3. The maximum atomic E-state index is 13.1. The molecule has 0 fully saturated rings. The summed E-state index contributed by atoms with van der Waals surface area (Å²) in [6, 6.07) is 21.3. The minimum atomic E-state index is -3.74. The maximum absolute atomic E-state index is 13.1. The van der Waals surface area contributed by atoms with Crippen LogP contribution in [-0.4, -0.2) is 21.4 Å². The van der Waals surface area contributed by atoms with Gasteiger partial charge in [0.05, 0.1) is 16.6 Å². The molecule has 0 aliphatic rings. The van der Waals surface area contributed by atoms with Gasteiger partial charge in [-0.3, -0.25) is 9.10 Å². The van der Waals surface area contributed by atoms with E-state index in [2.05, 4.69) is 5.32 Å². The topological polar surface area (TPSA) is 66.5 Å². The number of nitrogens with zero attached hydrogens (tertiary/aromatic N) is 1. The molecule has 1 amide bonds. The van der Waals surface area contributed by atoms with E-state index in [1.54, 1.807) is 42.5 Å². The van der Waals surface area contributed by atoms with Crippen LogP contribution in [-0.2, 0) is 10.0 Å². The molecule has 0 aliphatic heterocycles. The first-order valence-electron chi connectivity index (χ1n) is 9.72. The zero-order chi connectivity index (χ0) is 21.9. The van der Waals surface area contributed by atoms with Crippen LogP contribution in [0.3, 0.4) is 0 Å². The van der Waals surface area contributed by atoms with E-state index in [0.717, 1.165) is 16.7 Å². The lowest BCUT2D eigenvalue weighted by atomic mass is 10.1. The van der Waals surface area contributed by atoms with Gasteiger partial charge in [-0.2, -0.15) is 0 Å². The van der Waals surface area contributed by atoms with Gasteiger partial charge in [0, 0.05) is 12.6 Å². The number of aryl methyl sites for hydroxylation is 2. The zero-order valence-electron chi connectivity index (χ0n) is 17.6. The van der Waals surface area contributed by atoms with Crippen molar-refractivity contribution >= 4 is 21.6 Å². The molecule has 3 aromatic carbocycles. The predicted molar refractivity (Wildman–Crippen MR) is 120 cm³/mol. The molecule has 0 aliphatic carbocycles. The van der Waals surface area contributed by atoms with Crippen LogP contribution in [0.4, 0.5) is 5.69 Å². The van der Waals surface area contributed by atoms with Crippen molar-refractivity contribution in [1.82, 2.24) is 5.32 Å². The Hall–Kier alpha value is -3.12. The molecule has 5 nitrogen and oxygen atoms in total. The number of benzene rings is 3. The standard InChI is InChI=1S/C24H26N2O3S/c1-17-10-14-22(15-11-17)30(28,29)26(4)23-16-21(13-12-18(23)2)24(27)25-19(3)20-8-6-5-7-9-20/h5-16,19H,1-4H3,(H,25,27)/t19-/m1/s1. The van der Waals surface area contributed by atoms with Gasteiger partial charge in [-0.1, -0.05) is 54.1 Å². The summed E-state index contributed by atoms with van der Waals surface area (Å²) in [5.41, 5.74) is 3.62. The highest BCUT2D eigenvalue weighted by molar-refractivity contribution is 7.92. The summed E-state index contributed by atoms with van der Waals surface area (Å²) in [7, 11) is -2.23. The van der Waals surface area contributed by atoms with E-state index in [1.807, 2.05) is 51.1 Å². The summed E-state index contributed by atoms with van der Waals surface area (Å²) >= 11 is 0. The molecule has 156 valence electrons. The number of sulfonamides is 1. The highest BCUT2D eigenvalue weighted by Gasteiger charge is 2.23. The largest absolute Gasteiger partial charge is 0.346 e. The summed E-state index contributed by atoms with van der Waals surface area (Å²) in [4.78, 5) is 13.0. The van der Waals surface area contributed by atoms with Crippen LogP contribution in [0.5, 0.6) is 0 Å². The van der Waals surface area contributed by atoms with Crippen molar-refractivity contribution in [2.75, 3.05) is 11.4 Å². The van der Waals surface area contributed by atoms with E-state index in [0.29, 0.717) is 11.3 Å². The molecule has 0 heterocycles. The van der Waals surface area contributed by atoms with Crippen molar-refractivity contribution in [2.45, 2.75) is 31.7 Å². The fraction of sp³-hybridized carbons (Fsp3) is 0.208. The molecule has 0 aromatic heterocycles. The molecule has 0 saturated carbocycles. The highest BCUT2D eigenvalue weighted by atomic mass is 32.2. The first-order valence-corrected chi connectivity index (χ1v) is 11.2. The summed E-state index contributed by atoms with van der Waals surface area (Å²) in [5, 5.41) is 2.97. The first-order chi connectivity index (χ1) is 14.2. The third-order valence-corrected chi connectivity index (χ3v) is 6.92. The van der Waals surface area contributed by atoms with E-state index >= 15 is 0 Å². The maximum Gasteiger partial charge on any atom is 0.264 e. The Morgan fingerprint density at radius 3 is 2.20 bits per heavy atom. The minimum Gasteiger partial charge on any atom is -0.346 e. The smallest absolute Gasteiger partial charge is 0.264 e. The number of amides is 1. The number of carbonyl (C=O) groups excluding carboxylic acids is 1. The molecule has 0 bridgehead atoms. The van der Waals surface area contributed by atoms with Gasteiger partial charge in [0.15, 0.2) is 0 Å². The fourth-order valence-electron chi connectivity index (χ4n) is 3.19. The molecule has 30 heavy (non-hydrogen) atoms. The molecule has 3 rings (SSSR count). The van der Waals surface area contributed by atoms with Crippen molar-refractivity contribution in [2.24, 2.45) is 0 Å². The Morgan fingerprint density at radius 1 is 0.933 bits per heavy atom. The number of nitrogens with one attached hydrogen (secondary N) is 1. The summed E-state index contributed by atoms with van der Waals surface area (Å²) < 4.78 is 27.4. The summed E-state index contributed by atoms with van der Waals surface area (Å²) in [6.45, 7) is 5.64. The predicted octanol–water partition coefficient (Wildman–Crippen LogP) is 4.62. The van der Waals surface area contributed by atoms with Crippen LogP contribution < -0.4 is 9.62 Å². The molecular weight excluding hydrogens is 396 g/mol. The number of anilines is 1. The molecule has 3 aromatic rings. The second-order valence-electron chi connectivity index (χ2n) is 7.39. The average molecular weight is 423 g/mol. The summed E-state index contributed by atoms with van der Waals surface area (Å²) in [6.07, 6.45) is 0. The highest BCUT2D eigenvalue weighted by Crippen LogP contribution is 2.27. The van der Waals surface area contributed by atoms with E-state index in [-0.39, 0.29) is 16.8 Å². The van der Waals surface area contributed by atoms with Gasteiger partial charge in [-0.15, -0.1) is 0 Å². The number of hydrogen-bond donors (Lipinski definition) is 1. The molecule has 0 saturated heterocycles. The van der Waals surface area contributed by atoms with E-state index in [1.165, 1.54) is 11.4 Å². The molecule has 0 radical (unpaired) electrons. The van der Waals surface area contributed by atoms with E-state index < -0.39 is 10.0 Å². The quantitative estimate of drug-likeness (QED) is 0.630. The van der Waals surface area contributed by atoms with Crippen LogP contribution in [0.1, 0.15) is 40.0 Å². The van der Waals surface area contributed by atoms with Gasteiger partial charge in [0.2, 0.25) is 0 Å². The molecule has 6 heteroatoms. The van der Waals surface area contributed by atoms with Gasteiger partial charge >= 0.3 is 0 Å². The second-order valence-corrected chi connectivity index (χ2v) is 9.36. The van der Waals surface area contributed by atoms with Gasteiger partial charge in [0.1, 0.15) is 0 Å². The van der Waals surface area contributed by atoms with Crippen molar-refractivity contribution in [3.05, 3.63) is 95.1 Å². The van der Waals surface area contributed by atoms with Gasteiger partial charge in [0.25, 0.3) is 15.9 Å². The Balaban J connectivity index is 1.87. The Labute approximate surface area is 178 Å². The van der Waals surface area contributed by atoms with Crippen molar-refractivity contribution < 1.29 is 13.2 Å². The lowest BCUT2D eigenvalue weighted by Gasteiger charge is -2.22. The van der Waals surface area contributed by atoms with Crippen LogP contribution in [0, 0.1) is 13.8 Å². The third-order valence-electron chi connectivity index (χ3n) is 5.14. The molecule has 0 spiro atoms. The lowest BCUT2D eigenvalue weighted by Crippen LogP contribution is -2.29. The summed E-state index contributed by atoms with van der Waals surface area (Å²) in [5.74, 6) is -0.256. The van der Waals surface area contributed by atoms with Gasteiger partial charge < -0.3 is 5.32 Å². The van der Waals surface area contributed by atoms with Crippen LogP contribution in [0.25, 0.3) is 0 Å². The van der Waals surface area contributed by atoms with Crippen LogP contribution in [0.2, 0.25) is 0 Å². The Kier molecular flexibility index (Phi) is 6.27. The normalized spacial score (nSPS) is 12.3. The van der Waals surface area contributed by atoms with Gasteiger partial charge in [-0.05, 0) is 56.2 Å². The fourth-order valence-corrected chi connectivity index (χ4v) is 4.44. The Bertz CT molecular complexity index is 1140.